The number of rotatable bonds is 5. The first kappa shape index (κ1) is 18.3. The summed E-state index contributed by atoms with van der Waals surface area (Å²) >= 11 is 6.35. The van der Waals surface area contributed by atoms with E-state index in [-0.39, 0.29) is 18.9 Å². The number of hydrogen-bond acceptors (Lipinski definition) is 8. The Labute approximate surface area is 167 Å². The quantitative estimate of drug-likeness (QED) is 0.494. The second-order valence-corrected chi connectivity index (χ2v) is 7.59. The molecule has 1 aromatic carbocycles. The summed E-state index contributed by atoms with van der Waals surface area (Å²) in [6, 6.07) is 7.41. The van der Waals surface area contributed by atoms with E-state index in [2.05, 4.69) is 15.5 Å². The molecule has 4 rings (SSSR count). The third-order valence-electron chi connectivity index (χ3n) is 4.21. The predicted molar refractivity (Wildman–Crippen MR) is 107 cm³/mol. The molecule has 0 aliphatic carbocycles. The molecule has 0 saturated carbocycles. The summed E-state index contributed by atoms with van der Waals surface area (Å²) in [7, 11) is 1.58. The number of thioether (sulfide) groups is 1. The number of nitrogens with zero attached hydrogens (tertiary/aromatic N) is 5. The molecule has 0 spiro atoms. The van der Waals surface area contributed by atoms with Gasteiger partial charge < -0.3 is 9.84 Å². The van der Waals surface area contributed by atoms with Crippen molar-refractivity contribution in [3.8, 4) is 5.75 Å². The number of aliphatic carboxylic acids is 1. The number of pyridine rings is 1. The number of amides is 1. The van der Waals surface area contributed by atoms with Crippen LogP contribution in [0.2, 0.25) is 0 Å². The number of fused-ring (bicyclic) bond motifs is 3. The van der Waals surface area contributed by atoms with E-state index < -0.39 is 5.97 Å². The number of hydrogen-bond donors (Lipinski definition) is 1. The lowest BCUT2D eigenvalue weighted by Gasteiger charge is -2.12. The molecule has 0 unspecified atom stereocenters. The van der Waals surface area contributed by atoms with E-state index in [4.69, 9.17) is 22.1 Å². The molecule has 1 fully saturated rings. The van der Waals surface area contributed by atoms with Crippen LogP contribution in [0.25, 0.3) is 22.6 Å². The van der Waals surface area contributed by atoms with Crippen molar-refractivity contribution in [1.29, 1.82) is 0 Å². The highest BCUT2D eigenvalue weighted by atomic mass is 32.2. The Morgan fingerprint density at radius 3 is 2.96 bits per heavy atom. The fourth-order valence-electron chi connectivity index (χ4n) is 2.87. The molecule has 0 atom stereocenters. The largest absolute Gasteiger partial charge is 0.497 e. The van der Waals surface area contributed by atoms with Gasteiger partial charge in [-0.2, -0.15) is 4.52 Å². The monoisotopic (exact) mass is 415 g/mol. The van der Waals surface area contributed by atoms with Crippen molar-refractivity contribution >= 4 is 62.8 Å². The number of aromatic nitrogens is 4. The number of methoxy groups -OCH3 is 1. The SMILES string of the molecule is COc1ccc2cc(/C=C3\SC(=S)N(CCC(=O)O)C3=O)c3nnnn3c2c1. The van der Waals surface area contributed by atoms with Crippen LogP contribution < -0.4 is 4.74 Å². The Morgan fingerprint density at radius 2 is 2.21 bits per heavy atom. The average molecular weight is 415 g/mol. The summed E-state index contributed by atoms with van der Waals surface area (Å²) in [6.45, 7) is 0.0384. The summed E-state index contributed by atoms with van der Waals surface area (Å²) < 4.78 is 7.17. The number of carboxylic acids is 1. The maximum Gasteiger partial charge on any atom is 0.305 e. The van der Waals surface area contributed by atoms with Crippen LogP contribution in [0.15, 0.2) is 29.2 Å². The topological polar surface area (TPSA) is 110 Å². The molecule has 3 aromatic rings. The number of carboxylic acid groups (broad SMARTS) is 1. The molecule has 0 bridgehead atoms. The lowest BCUT2D eigenvalue weighted by Crippen LogP contribution is -2.30. The second-order valence-electron chi connectivity index (χ2n) is 5.92. The van der Waals surface area contributed by atoms with E-state index in [1.54, 1.807) is 17.7 Å². The van der Waals surface area contributed by atoms with Gasteiger partial charge in [-0.1, -0.05) is 24.0 Å². The third-order valence-corrected chi connectivity index (χ3v) is 5.59. The Morgan fingerprint density at radius 1 is 1.39 bits per heavy atom. The first-order valence-electron chi connectivity index (χ1n) is 8.14. The van der Waals surface area contributed by atoms with E-state index in [0.29, 0.717) is 26.2 Å². The van der Waals surface area contributed by atoms with Crippen molar-refractivity contribution in [3.05, 3.63) is 34.7 Å². The normalized spacial score (nSPS) is 15.9. The first-order valence-corrected chi connectivity index (χ1v) is 9.36. The van der Waals surface area contributed by atoms with Gasteiger partial charge in [0.15, 0.2) is 5.65 Å². The molecule has 142 valence electrons. The molecular formula is C17H13N5O4S2. The van der Waals surface area contributed by atoms with E-state index in [0.717, 1.165) is 22.7 Å². The van der Waals surface area contributed by atoms with Crippen molar-refractivity contribution in [1.82, 2.24) is 24.9 Å². The lowest BCUT2D eigenvalue weighted by atomic mass is 10.1. The number of thiocarbonyl (C=S) groups is 1. The molecule has 1 amide bonds. The summed E-state index contributed by atoms with van der Waals surface area (Å²) in [5.74, 6) is -0.632. The molecule has 1 saturated heterocycles. The predicted octanol–water partition coefficient (Wildman–Crippen LogP) is 1.96. The zero-order valence-electron chi connectivity index (χ0n) is 14.5. The molecule has 2 aromatic heterocycles. The van der Waals surface area contributed by atoms with Gasteiger partial charge in [0, 0.05) is 23.6 Å². The van der Waals surface area contributed by atoms with Gasteiger partial charge >= 0.3 is 5.97 Å². The minimum Gasteiger partial charge on any atom is -0.497 e. The molecule has 28 heavy (non-hydrogen) atoms. The molecule has 0 radical (unpaired) electrons. The minimum atomic E-state index is -0.987. The van der Waals surface area contributed by atoms with Gasteiger partial charge in [0.25, 0.3) is 5.91 Å². The molecule has 1 N–H and O–H groups in total. The van der Waals surface area contributed by atoms with Crippen LogP contribution >= 0.6 is 24.0 Å². The van der Waals surface area contributed by atoms with Crippen molar-refractivity contribution in [2.24, 2.45) is 0 Å². The van der Waals surface area contributed by atoms with Crippen LogP contribution in [-0.2, 0) is 9.59 Å². The van der Waals surface area contributed by atoms with Crippen molar-refractivity contribution in [2.75, 3.05) is 13.7 Å². The first-order chi connectivity index (χ1) is 13.5. The third kappa shape index (κ3) is 3.18. The number of ether oxygens (including phenoxy) is 1. The fraction of sp³-hybridized carbons (Fsp3) is 0.176. The number of benzene rings is 1. The second kappa shape index (κ2) is 7.17. The van der Waals surface area contributed by atoms with Gasteiger partial charge in [-0.25, -0.2) is 0 Å². The zero-order chi connectivity index (χ0) is 19.8. The Bertz CT molecular complexity index is 1170. The zero-order valence-corrected chi connectivity index (χ0v) is 16.2. The Balaban J connectivity index is 1.77. The van der Waals surface area contributed by atoms with E-state index in [9.17, 15) is 9.59 Å². The van der Waals surface area contributed by atoms with Gasteiger partial charge in [0.05, 0.1) is 24.0 Å². The maximum absolute atomic E-state index is 12.6. The lowest BCUT2D eigenvalue weighted by molar-refractivity contribution is -0.137. The number of carbonyl (C=O) groups is 2. The highest BCUT2D eigenvalue weighted by molar-refractivity contribution is 8.26. The molecule has 1 aliphatic heterocycles. The van der Waals surface area contributed by atoms with E-state index >= 15 is 0 Å². The van der Waals surface area contributed by atoms with E-state index in [1.165, 1.54) is 4.90 Å². The van der Waals surface area contributed by atoms with E-state index in [1.807, 2.05) is 24.3 Å². The van der Waals surface area contributed by atoms with Gasteiger partial charge in [-0.05, 0) is 34.7 Å². The summed E-state index contributed by atoms with van der Waals surface area (Å²) in [6.07, 6.45) is 1.51. The smallest absolute Gasteiger partial charge is 0.305 e. The summed E-state index contributed by atoms with van der Waals surface area (Å²) in [4.78, 5) is 25.1. The van der Waals surface area contributed by atoms with Crippen molar-refractivity contribution in [2.45, 2.75) is 6.42 Å². The van der Waals surface area contributed by atoms with Crippen LogP contribution in [0.3, 0.4) is 0 Å². The van der Waals surface area contributed by atoms with Gasteiger partial charge in [-0.3, -0.25) is 14.5 Å². The highest BCUT2D eigenvalue weighted by Crippen LogP contribution is 2.34. The number of tetrazole rings is 1. The average Bonchev–Trinajstić information content (AvgIpc) is 3.26. The highest BCUT2D eigenvalue weighted by Gasteiger charge is 2.32. The Kier molecular flexibility index (Phi) is 4.69. The minimum absolute atomic E-state index is 0.0384. The molecular weight excluding hydrogens is 402 g/mol. The van der Waals surface area contributed by atoms with Gasteiger partial charge in [0.2, 0.25) is 0 Å². The van der Waals surface area contributed by atoms with Crippen LogP contribution in [0.1, 0.15) is 12.0 Å². The number of carbonyl (C=O) groups excluding carboxylic acids is 1. The molecule has 3 heterocycles. The van der Waals surface area contributed by atoms with Crippen LogP contribution in [0.4, 0.5) is 0 Å². The van der Waals surface area contributed by atoms with Crippen LogP contribution in [-0.4, -0.2) is 59.9 Å². The molecule has 11 heteroatoms. The van der Waals surface area contributed by atoms with Crippen LogP contribution in [0, 0.1) is 0 Å². The Hall–Kier alpha value is -3.05. The van der Waals surface area contributed by atoms with Crippen LogP contribution in [0.5, 0.6) is 5.75 Å². The summed E-state index contributed by atoms with van der Waals surface area (Å²) in [5, 5.41) is 21.5. The molecule has 1 aliphatic rings. The van der Waals surface area contributed by atoms with Gasteiger partial charge in [-0.15, -0.1) is 5.10 Å². The summed E-state index contributed by atoms with van der Waals surface area (Å²) in [5.41, 5.74) is 1.91. The molecule has 9 nitrogen and oxygen atoms in total. The standard InChI is InChI=1S/C17H13N5O4S2/c1-26-11-3-2-9-6-10(15-18-19-20-22(15)12(9)8-11)7-13-16(25)21(17(27)28-13)5-4-14(23)24/h2-3,6-8H,4-5H2,1H3,(H,23,24)/b13-7-. The fourth-order valence-corrected chi connectivity index (χ4v) is 4.16. The van der Waals surface area contributed by atoms with Crippen molar-refractivity contribution < 1.29 is 19.4 Å². The van der Waals surface area contributed by atoms with Gasteiger partial charge in [0.1, 0.15) is 10.1 Å². The van der Waals surface area contributed by atoms with Crippen molar-refractivity contribution in [3.63, 3.8) is 0 Å². The maximum atomic E-state index is 12.6.